The maximum Gasteiger partial charge on any atom is 0.401 e. The van der Waals surface area contributed by atoms with Crippen molar-refractivity contribution in [2.45, 2.75) is 45.5 Å². The predicted octanol–water partition coefficient (Wildman–Crippen LogP) is 1.61. The largest absolute Gasteiger partial charge is 0.401 e. The lowest BCUT2D eigenvalue weighted by Gasteiger charge is -2.45. The van der Waals surface area contributed by atoms with Gasteiger partial charge in [-0.05, 0) is 13.3 Å². The van der Waals surface area contributed by atoms with E-state index in [9.17, 15) is 21.6 Å². The smallest absolute Gasteiger partial charge is 0.294 e. The number of rotatable bonds is 7. The van der Waals surface area contributed by atoms with Crippen molar-refractivity contribution < 1.29 is 21.6 Å². The standard InChI is InChI=1S/C14H28F3N3O2S/c1-5-12(3)20-8-7-18(11-14(15,16)17)9-13(20)10-19(6-2)23(4,21)22/h12-13H,5-11H2,1-4H3. The van der Waals surface area contributed by atoms with Crippen molar-refractivity contribution in [1.82, 2.24) is 14.1 Å². The minimum Gasteiger partial charge on any atom is -0.294 e. The lowest BCUT2D eigenvalue weighted by molar-refractivity contribution is -0.152. The fraction of sp³-hybridized carbons (Fsp3) is 1.00. The van der Waals surface area contributed by atoms with E-state index >= 15 is 0 Å². The Hall–Kier alpha value is -0.380. The van der Waals surface area contributed by atoms with Gasteiger partial charge in [-0.3, -0.25) is 9.80 Å². The molecule has 0 saturated carbocycles. The summed E-state index contributed by atoms with van der Waals surface area (Å²) < 4.78 is 62.9. The van der Waals surface area contributed by atoms with Crippen LogP contribution < -0.4 is 0 Å². The van der Waals surface area contributed by atoms with Gasteiger partial charge >= 0.3 is 6.18 Å². The van der Waals surface area contributed by atoms with Crippen molar-refractivity contribution in [3.05, 3.63) is 0 Å². The summed E-state index contributed by atoms with van der Waals surface area (Å²) in [4.78, 5) is 3.51. The molecule has 138 valence electrons. The molecule has 1 aliphatic heterocycles. The Morgan fingerprint density at radius 1 is 1.26 bits per heavy atom. The Balaban J connectivity index is 2.88. The number of hydrogen-bond acceptors (Lipinski definition) is 4. The monoisotopic (exact) mass is 359 g/mol. The summed E-state index contributed by atoms with van der Waals surface area (Å²) in [5.74, 6) is 0. The zero-order valence-corrected chi connectivity index (χ0v) is 15.1. The SMILES string of the molecule is CCC(C)N1CCN(CC(F)(F)F)CC1CN(CC)S(C)(=O)=O. The number of piperazine rings is 1. The van der Waals surface area contributed by atoms with Gasteiger partial charge in [-0.1, -0.05) is 13.8 Å². The van der Waals surface area contributed by atoms with Gasteiger partial charge in [0.05, 0.1) is 12.8 Å². The van der Waals surface area contributed by atoms with E-state index in [4.69, 9.17) is 0 Å². The Morgan fingerprint density at radius 2 is 1.87 bits per heavy atom. The summed E-state index contributed by atoms with van der Waals surface area (Å²) in [6.45, 7) is 6.52. The number of sulfonamides is 1. The molecule has 5 nitrogen and oxygen atoms in total. The lowest BCUT2D eigenvalue weighted by Crippen LogP contribution is -2.60. The topological polar surface area (TPSA) is 43.9 Å². The molecule has 9 heteroatoms. The Labute approximate surface area is 137 Å². The highest BCUT2D eigenvalue weighted by molar-refractivity contribution is 7.88. The number of hydrogen-bond donors (Lipinski definition) is 0. The highest BCUT2D eigenvalue weighted by atomic mass is 32.2. The van der Waals surface area contributed by atoms with Gasteiger partial charge in [-0.25, -0.2) is 12.7 Å². The maximum atomic E-state index is 12.6. The van der Waals surface area contributed by atoms with Crippen LogP contribution in [0.1, 0.15) is 27.2 Å². The zero-order valence-electron chi connectivity index (χ0n) is 14.3. The van der Waals surface area contributed by atoms with Crippen LogP contribution in [-0.2, 0) is 10.0 Å². The predicted molar refractivity (Wildman–Crippen MR) is 84.8 cm³/mol. The minimum absolute atomic E-state index is 0.214. The van der Waals surface area contributed by atoms with Gasteiger partial charge in [0.15, 0.2) is 0 Å². The molecule has 0 aliphatic carbocycles. The molecule has 1 aliphatic rings. The highest BCUT2D eigenvalue weighted by Gasteiger charge is 2.37. The van der Waals surface area contributed by atoms with Crippen molar-refractivity contribution in [2.75, 3.05) is 45.5 Å². The molecule has 1 fully saturated rings. The zero-order chi connectivity index (χ0) is 17.8. The van der Waals surface area contributed by atoms with Gasteiger partial charge in [0.1, 0.15) is 0 Å². The molecule has 0 radical (unpaired) electrons. The molecule has 2 unspecified atom stereocenters. The average Bonchev–Trinajstić information content (AvgIpc) is 2.41. The molecule has 1 heterocycles. The molecular weight excluding hydrogens is 331 g/mol. The van der Waals surface area contributed by atoms with E-state index in [-0.39, 0.29) is 25.2 Å². The summed E-state index contributed by atoms with van der Waals surface area (Å²) in [5, 5.41) is 0. The van der Waals surface area contributed by atoms with Gasteiger partial charge in [-0.2, -0.15) is 13.2 Å². The van der Waals surface area contributed by atoms with Crippen molar-refractivity contribution in [2.24, 2.45) is 0 Å². The summed E-state index contributed by atoms with van der Waals surface area (Å²) in [6, 6.07) is -0.0120. The van der Waals surface area contributed by atoms with E-state index < -0.39 is 22.7 Å². The molecule has 1 rings (SSSR count). The molecular formula is C14H28F3N3O2S. The summed E-state index contributed by atoms with van der Waals surface area (Å²) in [6.07, 6.45) is -2.22. The number of alkyl halides is 3. The van der Waals surface area contributed by atoms with Crippen LogP contribution in [0.15, 0.2) is 0 Å². The van der Waals surface area contributed by atoms with Crippen molar-refractivity contribution in [3.8, 4) is 0 Å². The second kappa shape index (κ2) is 8.13. The molecule has 0 aromatic carbocycles. The molecule has 0 aromatic heterocycles. The van der Waals surface area contributed by atoms with Crippen LogP contribution in [0.4, 0.5) is 13.2 Å². The first kappa shape index (κ1) is 20.7. The number of halogens is 3. The first-order chi connectivity index (χ1) is 10.5. The molecule has 23 heavy (non-hydrogen) atoms. The van der Waals surface area contributed by atoms with Gasteiger partial charge in [-0.15, -0.1) is 0 Å². The van der Waals surface area contributed by atoms with Crippen LogP contribution in [0.5, 0.6) is 0 Å². The van der Waals surface area contributed by atoms with E-state index in [1.54, 1.807) is 6.92 Å². The van der Waals surface area contributed by atoms with Crippen LogP contribution >= 0.6 is 0 Å². The highest BCUT2D eigenvalue weighted by Crippen LogP contribution is 2.22. The second-order valence-electron chi connectivity index (χ2n) is 6.21. The Bertz CT molecular complexity index is 470. The van der Waals surface area contributed by atoms with E-state index in [1.807, 2.05) is 13.8 Å². The quantitative estimate of drug-likeness (QED) is 0.693. The van der Waals surface area contributed by atoms with Crippen molar-refractivity contribution >= 4 is 10.0 Å². The van der Waals surface area contributed by atoms with Crippen molar-refractivity contribution in [1.29, 1.82) is 0 Å². The molecule has 1 saturated heterocycles. The van der Waals surface area contributed by atoms with Crippen LogP contribution in [0.2, 0.25) is 0 Å². The van der Waals surface area contributed by atoms with Gasteiger partial charge < -0.3 is 0 Å². The fourth-order valence-corrected chi connectivity index (χ4v) is 3.95. The van der Waals surface area contributed by atoms with E-state index in [1.165, 1.54) is 9.21 Å². The van der Waals surface area contributed by atoms with Gasteiger partial charge in [0.25, 0.3) is 0 Å². The molecule has 0 N–H and O–H groups in total. The van der Waals surface area contributed by atoms with Gasteiger partial charge in [0.2, 0.25) is 10.0 Å². The van der Waals surface area contributed by atoms with Crippen LogP contribution in [0.3, 0.4) is 0 Å². The van der Waals surface area contributed by atoms with E-state index in [2.05, 4.69) is 4.90 Å². The molecule has 0 bridgehead atoms. The normalized spacial score (nSPS) is 23.4. The maximum absolute atomic E-state index is 12.6. The van der Waals surface area contributed by atoms with E-state index in [0.29, 0.717) is 19.6 Å². The molecule has 0 aromatic rings. The third kappa shape index (κ3) is 6.56. The van der Waals surface area contributed by atoms with Crippen LogP contribution in [0, 0.1) is 0 Å². The third-order valence-electron chi connectivity index (χ3n) is 4.41. The van der Waals surface area contributed by atoms with E-state index in [0.717, 1.165) is 12.7 Å². The minimum atomic E-state index is -4.23. The Morgan fingerprint density at radius 3 is 2.30 bits per heavy atom. The second-order valence-corrected chi connectivity index (χ2v) is 8.20. The number of nitrogens with zero attached hydrogens (tertiary/aromatic N) is 3. The summed E-state index contributed by atoms with van der Waals surface area (Å²) in [7, 11) is -3.36. The summed E-state index contributed by atoms with van der Waals surface area (Å²) >= 11 is 0. The average molecular weight is 359 g/mol. The third-order valence-corrected chi connectivity index (χ3v) is 5.75. The molecule has 0 spiro atoms. The lowest BCUT2D eigenvalue weighted by atomic mass is 10.1. The van der Waals surface area contributed by atoms with Crippen LogP contribution in [-0.4, -0.2) is 86.3 Å². The fourth-order valence-electron chi connectivity index (χ4n) is 3.04. The van der Waals surface area contributed by atoms with Gasteiger partial charge in [0, 0.05) is 44.8 Å². The molecule has 2 atom stereocenters. The number of likely N-dealkylation sites (N-methyl/N-ethyl adjacent to an activating group) is 1. The van der Waals surface area contributed by atoms with Crippen LogP contribution in [0.25, 0.3) is 0 Å². The molecule has 0 amide bonds. The van der Waals surface area contributed by atoms with Crippen molar-refractivity contribution in [3.63, 3.8) is 0 Å². The first-order valence-corrected chi connectivity index (χ1v) is 9.82. The first-order valence-electron chi connectivity index (χ1n) is 7.97. The summed E-state index contributed by atoms with van der Waals surface area (Å²) in [5.41, 5.74) is 0. The Kier molecular flexibility index (Phi) is 7.31.